The predicted octanol–water partition coefficient (Wildman–Crippen LogP) is 4.10. The van der Waals surface area contributed by atoms with Crippen molar-refractivity contribution in [3.05, 3.63) is 65.5 Å². The number of nitriles is 1. The van der Waals surface area contributed by atoms with Gasteiger partial charge in [0, 0.05) is 11.1 Å². The molecule has 4 heteroatoms. The van der Waals surface area contributed by atoms with E-state index in [1.165, 1.54) is 5.56 Å². The lowest BCUT2D eigenvalue weighted by atomic mass is 10.1. The molecule has 0 bridgehead atoms. The average molecular weight is 291 g/mol. The summed E-state index contributed by atoms with van der Waals surface area (Å²) in [4.78, 5) is 8.66. The molecule has 1 heterocycles. The number of nitrogens with zero attached hydrogens (tertiary/aromatic N) is 3. The molecule has 1 aromatic heterocycles. The monoisotopic (exact) mass is 291 g/mol. The Labute approximate surface area is 127 Å². The van der Waals surface area contributed by atoms with Gasteiger partial charge in [-0.05, 0) is 36.2 Å². The number of fused-ring (bicyclic) bond motifs is 1. The van der Waals surface area contributed by atoms with Crippen LogP contribution in [-0.4, -0.2) is 9.97 Å². The van der Waals surface area contributed by atoms with Crippen molar-refractivity contribution in [3.8, 4) is 6.07 Å². The average Bonchev–Trinajstić information content (AvgIpc) is 2.53. The Kier molecular flexibility index (Phi) is 3.85. The highest BCUT2D eigenvalue weighted by Crippen LogP contribution is 2.28. The minimum Gasteiger partial charge on any atom is -0.236 e. The van der Waals surface area contributed by atoms with Gasteiger partial charge in [0.05, 0.1) is 17.1 Å². The van der Waals surface area contributed by atoms with Crippen LogP contribution >= 0.6 is 11.8 Å². The normalized spacial score (nSPS) is 10.5. The number of benzene rings is 2. The molecule has 3 rings (SSSR count). The molecule has 0 aliphatic rings. The lowest BCUT2D eigenvalue weighted by molar-refractivity contribution is 1.10. The maximum absolute atomic E-state index is 8.91. The molecule has 21 heavy (non-hydrogen) atoms. The van der Waals surface area contributed by atoms with E-state index in [4.69, 9.17) is 5.26 Å². The number of aromatic nitrogens is 2. The summed E-state index contributed by atoms with van der Waals surface area (Å²) < 4.78 is 0. The molecule has 3 aromatic rings. The van der Waals surface area contributed by atoms with E-state index in [9.17, 15) is 0 Å². The maximum Gasteiger partial charge on any atom is 0.117 e. The van der Waals surface area contributed by atoms with Crippen LogP contribution in [0.1, 0.15) is 16.7 Å². The first-order valence-corrected chi connectivity index (χ1v) is 7.58. The van der Waals surface area contributed by atoms with Crippen LogP contribution in [0.25, 0.3) is 10.9 Å². The maximum atomic E-state index is 8.91. The van der Waals surface area contributed by atoms with Crippen molar-refractivity contribution in [2.45, 2.75) is 17.7 Å². The van der Waals surface area contributed by atoms with Gasteiger partial charge >= 0.3 is 0 Å². The van der Waals surface area contributed by atoms with Gasteiger partial charge in [0.25, 0.3) is 0 Å². The van der Waals surface area contributed by atoms with E-state index in [0.29, 0.717) is 5.56 Å². The Hall–Kier alpha value is -2.38. The predicted molar refractivity (Wildman–Crippen MR) is 85.0 cm³/mol. The molecule has 2 aromatic carbocycles. The first-order chi connectivity index (χ1) is 10.3. The molecule has 3 nitrogen and oxygen atoms in total. The van der Waals surface area contributed by atoms with Crippen molar-refractivity contribution in [1.29, 1.82) is 5.26 Å². The van der Waals surface area contributed by atoms with Gasteiger partial charge in [-0.2, -0.15) is 5.26 Å². The minimum absolute atomic E-state index is 0.703. The second-order valence-electron chi connectivity index (χ2n) is 4.74. The van der Waals surface area contributed by atoms with Crippen molar-refractivity contribution in [3.63, 3.8) is 0 Å². The third-order valence-electron chi connectivity index (χ3n) is 3.34. The van der Waals surface area contributed by atoms with Gasteiger partial charge in [0.2, 0.25) is 0 Å². The van der Waals surface area contributed by atoms with Crippen LogP contribution in [0.5, 0.6) is 0 Å². The molecule has 0 unspecified atom stereocenters. The zero-order chi connectivity index (χ0) is 14.7. The Bertz CT molecular complexity index is 832. The van der Waals surface area contributed by atoms with Crippen molar-refractivity contribution < 1.29 is 0 Å². The number of para-hydroxylation sites is 1. The zero-order valence-electron chi connectivity index (χ0n) is 11.6. The van der Waals surface area contributed by atoms with Crippen molar-refractivity contribution >= 4 is 22.7 Å². The molecule has 0 radical (unpaired) electrons. The van der Waals surface area contributed by atoms with Gasteiger partial charge in [-0.1, -0.05) is 24.3 Å². The lowest BCUT2D eigenvalue weighted by Crippen LogP contribution is -1.90. The largest absolute Gasteiger partial charge is 0.236 e. The summed E-state index contributed by atoms with van der Waals surface area (Å²) >= 11 is 1.70. The Balaban J connectivity index is 1.86. The summed E-state index contributed by atoms with van der Waals surface area (Å²) in [5, 5.41) is 11.0. The number of thioether (sulfide) groups is 1. The van der Waals surface area contributed by atoms with E-state index in [1.807, 2.05) is 49.4 Å². The van der Waals surface area contributed by atoms with Gasteiger partial charge in [-0.15, -0.1) is 11.8 Å². The molecule has 0 aliphatic carbocycles. The van der Waals surface area contributed by atoms with Crippen LogP contribution in [0.3, 0.4) is 0 Å². The molecule has 0 atom stereocenters. The molecule has 0 saturated heterocycles. The molecule has 0 fully saturated rings. The fourth-order valence-electron chi connectivity index (χ4n) is 2.17. The summed E-state index contributed by atoms with van der Waals surface area (Å²) in [7, 11) is 0. The van der Waals surface area contributed by atoms with E-state index < -0.39 is 0 Å². The molecule has 0 saturated carbocycles. The van der Waals surface area contributed by atoms with Crippen molar-refractivity contribution in [2.75, 3.05) is 0 Å². The highest BCUT2D eigenvalue weighted by molar-refractivity contribution is 7.98. The number of hydrogen-bond acceptors (Lipinski definition) is 4. The summed E-state index contributed by atoms with van der Waals surface area (Å²) in [6.45, 7) is 2.04. The molecular weight excluding hydrogens is 278 g/mol. The molecule has 102 valence electrons. The smallest absolute Gasteiger partial charge is 0.117 e. The quantitative estimate of drug-likeness (QED) is 0.538. The molecule has 0 amide bonds. The van der Waals surface area contributed by atoms with E-state index >= 15 is 0 Å². The number of hydrogen-bond donors (Lipinski definition) is 0. The van der Waals surface area contributed by atoms with E-state index in [2.05, 4.69) is 16.0 Å². The topological polar surface area (TPSA) is 49.6 Å². The second kappa shape index (κ2) is 5.94. The summed E-state index contributed by atoms with van der Waals surface area (Å²) in [5.74, 6) is 0.832. The van der Waals surface area contributed by atoms with E-state index in [1.54, 1.807) is 18.1 Å². The highest BCUT2D eigenvalue weighted by Gasteiger charge is 2.06. The third-order valence-corrected chi connectivity index (χ3v) is 4.40. The first kappa shape index (κ1) is 13.6. The van der Waals surface area contributed by atoms with Crippen molar-refractivity contribution in [1.82, 2.24) is 9.97 Å². The number of aryl methyl sites for hydroxylation is 1. The van der Waals surface area contributed by atoms with Gasteiger partial charge in [0.15, 0.2) is 0 Å². The Morgan fingerprint density at radius 2 is 2.00 bits per heavy atom. The first-order valence-electron chi connectivity index (χ1n) is 6.60. The lowest BCUT2D eigenvalue weighted by Gasteiger charge is -2.07. The van der Waals surface area contributed by atoms with Gasteiger partial charge in [0.1, 0.15) is 11.4 Å². The molecule has 0 aliphatic heterocycles. The zero-order valence-corrected chi connectivity index (χ0v) is 12.4. The Morgan fingerprint density at radius 1 is 1.14 bits per heavy atom. The van der Waals surface area contributed by atoms with Crippen LogP contribution in [0.2, 0.25) is 0 Å². The van der Waals surface area contributed by atoms with Gasteiger partial charge in [-0.3, -0.25) is 0 Å². The van der Waals surface area contributed by atoms with Crippen LogP contribution in [0, 0.1) is 18.3 Å². The minimum atomic E-state index is 0.703. The molecule has 0 N–H and O–H groups in total. The van der Waals surface area contributed by atoms with Crippen LogP contribution < -0.4 is 0 Å². The summed E-state index contributed by atoms with van der Waals surface area (Å²) in [5.41, 5.74) is 4.03. The van der Waals surface area contributed by atoms with Crippen LogP contribution in [0.4, 0.5) is 0 Å². The molecular formula is C17H13N3S. The van der Waals surface area contributed by atoms with Crippen LogP contribution in [0.15, 0.2) is 53.8 Å². The van der Waals surface area contributed by atoms with Gasteiger partial charge in [-0.25, -0.2) is 9.97 Å². The summed E-state index contributed by atoms with van der Waals surface area (Å²) in [6, 6.07) is 16.0. The van der Waals surface area contributed by atoms with E-state index in [-0.39, 0.29) is 0 Å². The molecule has 0 spiro atoms. The number of rotatable bonds is 3. The standard InChI is InChI=1S/C17H13N3S/c1-12-8-13(9-18)6-7-14(12)10-21-17-15-4-2-3-5-16(15)19-11-20-17/h2-8,11H,10H2,1H3. The summed E-state index contributed by atoms with van der Waals surface area (Å²) in [6.07, 6.45) is 1.61. The fraction of sp³-hybridized carbons (Fsp3) is 0.118. The fourth-order valence-corrected chi connectivity index (χ4v) is 3.23. The Morgan fingerprint density at radius 3 is 2.81 bits per heavy atom. The van der Waals surface area contributed by atoms with Crippen LogP contribution in [-0.2, 0) is 5.75 Å². The van der Waals surface area contributed by atoms with E-state index in [0.717, 1.165) is 27.2 Å². The van der Waals surface area contributed by atoms with Gasteiger partial charge < -0.3 is 0 Å². The third kappa shape index (κ3) is 2.88. The second-order valence-corrected chi connectivity index (χ2v) is 5.70. The highest BCUT2D eigenvalue weighted by atomic mass is 32.2. The van der Waals surface area contributed by atoms with Crippen molar-refractivity contribution in [2.24, 2.45) is 0 Å². The SMILES string of the molecule is Cc1cc(C#N)ccc1CSc1ncnc2ccccc12.